The van der Waals surface area contributed by atoms with Crippen molar-refractivity contribution in [2.45, 2.75) is 37.3 Å². The largest absolute Gasteiger partial charge is 0.497 e. The van der Waals surface area contributed by atoms with Crippen molar-refractivity contribution in [3.05, 3.63) is 58.9 Å². The maximum absolute atomic E-state index is 14.5. The number of rotatable bonds is 5. The summed E-state index contributed by atoms with van der Waals surface area (Å²) in [5.74, 6) is -3.01. The molecule has 0 unspecified atom stereocenters. The highest BCUT2D eigenvalue weighted by Gasteiger charge is 2.48. The van der Waals surface area contributed by atoms with Crippen LogP contribution in [0.4, 0.5) is 13.6 Å². The predicted molar refractivity (Wildman–Crippen MR) is 104 cm³/mol. The summed E-state index contributed by atoms with van der Waals surface area (Å²) in [6, 6.07) is 5.99. The van der Waals surface area contributed by atoms with Crippen molar-refractivity contribution in [1.82, 2.24) is 20.9 Å². The fourth-order valence-corrected chi connectivity index (χ4v) is 3.86. The van der Waals surface area contributed by atoms with Crippen LogP contribution in [-0.4, -0.2) is 36.6 Å². The third-order valence-corrected chi connectivity index (χ3v) is 5.61. The number of hydrogen-bond donors (Lipinski definition) is 3. The maximum Gasteiger partial charge on any atom is 0.316 e. The van der Waals surface area contributed by atoms with E-state index in [-0.39, 0.29) is 17.9 Å². The van der Waals surface area contributed by atoms with E-state index in [0.717, 1.165) is 36.4 Å². The summed E-state index contributed by atoms with van der Waals surface area (Å²) in [6.07, 6.45) is 1.44. The smallest absolute Gasteiger partial charge is 0.316 e. The zero-order valence-corrected chi connectivity index (χ0v) is 16.6. The lowest BCUT2D eigenvalue weighted by atomic mass is 9.93. The Balaban J connectivity index is 1.52. The van der Waals surface area contributed by atoms with E-state index < -0.39 is 41.1 Å². The van der Waals surface area contributed by atoms with Crippen LogP contribution in [0.3, 0.4) is 0 Å². The van der Waals surface area contributed by atoms with E-state index in [4.69, 9.17) is 4.74 Å². The Morgan fingerprint density at radius 3 is 2.57 bits per heavy atom. The van der Waals surface area contributed by atoms with Gasteiger partial charge in [-0.1, -0.05) is 6.07 Å². The number of nitrogens with one attached hydrogen (secondary N) is 3. The van der Waals surface area contributed by atoms with Gasteiger partial charge >= 0.3 is 6.03 Å². The first-order valence-electron chi connectivity index (χ1n) is 9.66. The number of methoxy groups -OCH3 is 1. The number of aryl methyl sites for hydroxylation is 1. The molecule has 0 radical (unpaired) electrons. The lowest BCUT2D eigenvalue weighted by Gasteiger charge is -2.23. The first-order chi connectivity index (χ1) is 14.3. The Morgan fingerprint density at radius 2 is 1.97 bits per heavy atom. The lowest BCUT2D eigenvalue weighted by Crippen LogP contribution is -2.50. The molecule has 1 aliphatic heterocycles. The minimum absolute atomic E-state index is 0.00846. The van der Waals surface area contributed by atoms with Crippen molar-refractivity contribution in [3.63, 3.8) is 0 Å². The van der Waals surface area contributed by atoms with Crippen LogP contribution in [0.1, 0.15) is 35.7 Å². The summed E-state index contributed by atoms with van der Waals surface area (Å²) in [6.45, 7) is 1.87. The second kappa shape index (κ2) is 7.55. The molecule has 30 heavy (non-hydrogen) atoms. The van der Waals surface area contributed by atoms with E-state index in [1.54, 1.807) is 0 Å². The fraction of sp³-hybridized carbons (Fsp3) is 0.381. The Morgan fingerprint density at radius 1 is 1.27 bits per heavy atom. The Hall–Kier alpha value is -3.23. The van der Waals surface area contributed by atoms with Crippen LogP contribution in [0.5, 0.6) is 5.75 Å². The first kappa shape index (κ1) is 20.1. The molecule has 2 aliphatic rings. The molecule has 0 spiro atoms. The van der Waals surface area contributed by atoms with Gasteiger partial charge in [0.1, 0.15) is 23.4 Å². The van der Waals surface area contributed by atoms with E-state index in [1.807, 2.05) is 25.1 Å². The number of hydrogen-bond acceptors (Lipinski definition) is 4. The molecule has 4 rings (SSSR count). The van der Waals surface area contributed by atoms with Crippen molar-refractivity contribution in [3.8, 4) is 5.75 Å². The average molecular weight is 416 g/mol. The molecular formula is C21H22F2N4O3. The molecule has 158 valence electrons. The summed E-state index contributed by atoms with van der Waals surface area (Å²) < 4.78 is 33.9. The predicted octanol–water partition coefficient (Wildman–Crippen LogP) is 2.25. The van der Waals surface area contributed by atoms with E-state index in [0.29, 0.717) is 0 Å². The minimum atomic E-state index is -1.11. The van der Waals surface area contributed by atoms with E-state index >= 15 is 0 Å². The highest BCUT2D eigenvalue weighted by molar-refractivity contribution is 5.90. The van der Waals surface area contributed by atoms with Crippen molar-refractivity contribution in [1.29, 1.82) is 0 Å². The summed E-state index contributed by atoms with van der Waals surface area (Å²) >= 11 is 0. The standard InChI is InChI=1S/C21H22F2N4O3/c1-11-4-3-5-16(25-11)21(6-7-21)27-20(29)26-18-13(10-24-19(18)28)17-14(22)8-12(30-2)9-15(17)23/h3-5,8-9,13,18H,6-7,10H2,1-2H3,(H,24,28)(H2,26,27,29)/t13-,18-/m0/s1. The zero-order chi connectivity index (χ0) is 21.5. The number of benzene rings is 1. The molecule has 7 nitrogen and oxygen atoms in total. The third kappa shape index (κ3) is 3.67. The Bertz CT molecular complexity index is 986. The molecule has 1 aromatic heterocycles. The van der Waals surface area contributed by atoms with Crippen molar-refractivity contribution >= 4 is 11.9 Å². The van der Waals surface area contributed by atoms with E-state index in [2.05, 4.69) is 20.9 Å². The summed E-state index contributed by atoms with van der Waals surface area (Å²) in [5, 5.41) is 8.03. The topological polar surface area (TPSA) is 92.4 Å². The zero-order valence-electron chi connectivity index (χ0n) is 16.6. The monoisotopic (exact) mass is 416 g/mol. The van der Waals surface area contributed by atoms with E-state index in [1.165, 1.54) is 7.11 Å². The van der Waals surface area contributed by atoms with Gasteiger partial charge in [0.25, 0.3) is 0 Å². The van der Waals surface area contributed by atoms with Gasteiger partial charge in [-0.3, -0.25) is 9.78 Å². The molecule has 1 aliphatic carbocycles. The normalized spacial score (nSPS) is 21.7. The Labute approximate surface area is 172 Å². The number of urea groups is 1. The van der Waals surface area contributed by atoms with Gasteiger partial charge in [-0.25, -0.2) is 13.6 Å². The minimum Gasteiger partial charge on any atom is -0.497 e. The van der Waals surface area contributed by atoms with Gasteiger partial charge in [-0.2, -0.15) is 0 Å². The number of amides is 3. The second-order valence-corrected chi connectivity index (χ2v) is 7.68. The molecule has 9 heteroatoms. The van der Waals surface area contributed by atoms with Gasteiger partial charge in [-0.05, 0) is 31.9 Å². The molecule has 1 saturated carbocycles. The quantitative estimate of drug-likeness (QED) is 0.697. The summed E-state index contributed by atoms with van der Waals surface area (Å²) in [5.41, 5.74) is 0.733. The van der Waals surface area contributed by atoms with Crippen LogP contribution < -0.4 is 20.7 Å². The number of carbonyl (C=O) groups excluding carboxylic acids is 2. The van der Waals surface area contributed by atoms with Crippen LogP contribution in [0, 0.1) is 18.6 Å². The SMILES string of the molecule is COc1cc(F)c([C@@H]2CNC(=O)[C@H]2NC(=O)NC2(c3cccc(C)n3)CC2)c(F)c1. The van der Waals surface area contributed by atoms with Crippen molar-refractivity contribution in [2.24, 2.45) is 0 Å². The van der Waals surface area contributed by atoms with Crippen LogP contribution in [0.25, 0.3) is 0 Å². The van der Waals surface area contributed by atoms with Crippen LogP contribution in [0.15, 0.2) is 30.3 Å². The number of nitrogens with zero attached hydrogens (tertiary/aromatic N) is 1. The van der Waals surface area contributed by atoms with Crippen LogP contribution in [0.2, 0.25) is 0 Å². The molecule has 1 saturated heterocycles. The number of ether oxygens (including phenoxy) is 1. The number of aromatic nitrogens is 1. The van der Waals surface area contributed by atoms with Crippen molar-refractivity contribution < 1.29 is 23.1 Å². The highest BCUT2D eigenvalue weighted by atomic mass is 19.1. The van der Waals surface area contributed by atoms with Crippen LogP contribution >= 0.6 is 0 Å². The number of halogens is 2. The average Bonchev–Trinajstić information content (AvgIpc) is 3.40. The number of carbonyl (C=O) groups is 2. The molecule has 3 amide bonds. The fourth-order valence-electron chi connectivity index (χ4n) is 3.86. The molecule has 3 N–H and O–H groups in total. The van der Waals surface area contributed by atoms with Gasteiger partial charge in [-0.15, -0.1) is 0 Å². The summed E-state index contributed by atoms with van der Waals surface area (Å²) in [7, 11) is 1.31. The van der Waals surface area contributed by atoms with Gasteiger partial charge in [0.05, 0.1) is 18.3 Å². The second-order valence-electron chi connectivity index (χ2n) is 7.68. The van der Waals surface area contributed by atoms with Crippen molar-refractivity contribution in [2.75, 3.05) is 13.7 Å². The van der Waals surface area contributed by atoms with E-state index in [9.17, 15) is 18.4 Å². The molecule has 0 bridgehead atoms. The van der Waals surface area contributed by atoms with Crippen LogP contribution in [-0.2, 0) is 10.3 Å². The molecule has 2 heterocycles. The van der Waals surface area contributed by atoms with Gasteiger partial charge in [0.2, 0.25) is 5.91 Å². The lowest BCUT2D eigenvalue weighted by molar-refractivity contribution is -0.120. The molecule has 2 aromatic rings. The Kier molecular flexibility index (Phi) is 5.05. The summed E-state index contributed by atoms with van der Waals surface area (Å²) in [4.78, 5) is 29.4. The third-order valence-electron chi connectivity index (χ3n) is 5.61. The van der Waals surface area contributed by atoms with Gasteiger partial charge in [0.15, 0.2) is 0 Å². The highest BCUT2D eigenvalue weighted by Crippen LogP contribution is 2.44. The maximum atomic E-state index is 14.5. The van der Waals surface area contributed by atoms with Gasteiger partial charge in [0, 0.05) is 35.9 Å². The number of pyridine rings is 1. The molecule has 1 aromatic carbocycles. The molecular weight excluding hydrogens is 394 g/mol. The molecule has 2 fully saturated rings. The molecule has 2 atom stereocenters. The van der Waals surface area contributed by atoms with Gasteiger partial charge < -0.3 is 20.7 Å². The first-order valence-corrected chi connectivity index (χ1v) is 9.66.